The van der Waals surface area contributed by atoms with E-state index in [2.05, 4.69) is 52.1 Å². The number of carbonyl (C=O) groups is 1. The Bertz CT molecular complexity index is 713. The smallest absolute Gasteiger partial charge is 0.409 e. The second-order valence-corrected chi connectivity index (χ2v) is 8.47. The largest absolute Gasteiger partial charge is 0.453 e. The molecule has 2 aliphatic heterocycles. The van der Waals surface area contributed by atoms with Crippen LogP contribution in [0.4, 0.5) is 4.79 Å². The lowest BCUT2D eigenvalue weighted by Gasteiger charge is -2.41. The molecule has 31 heavy (non-hydrogen) atoms. The standard InChI is InChI=1S/C23H37N5O3/c1-18(19-7-5-4-6-8-19)27-23(11-15-31-16-12-23)17-25-21(24-2)26-20-9-13-28(14-10-20)22(29)30-3/h4-8,18,20,27H,9-17H2,1-3H3,(H2,24,25,26). The molecule has 0 aliphatic carbocycles. The van der Waals surface area contributed by atoms with Crippen molar-refractivity contribution in [2.24, 2.45) is 4.99 Å². The average Bonchev–Trinajstić information content (AvgIpc) is 2.82. The first kappa shape index (κ1) is 23.3. The van der Waals surface area contributed by atoms with Crippen LogP contribution in [0.1, 0.15) is 44.2 Å². The van der Waals surface area contributed by atoms with E-state index >= 15 is 0 Å². The number of methoxy groups -OCH3 is 1. The van der Waals surface area contributed by atoms with E-state index in [-0.39, 0.29) is 23.7 Å². The summed E-state index contributed by atoms with van der Waals surface area (Å²) in [5, 5.41) is 10.9. The molecule has 0 bridgehead atoms. The van der Waals surface area contributed by atoms with Gasteiger partial charge in [0.1, 0.15) is 0 Å². The number of piperidine rings is 1. The highest BCUT2D eigenvalue weighted by atomic mass is 16.5. The molecule has 0 aromatic heterocycles. The SMILES string of the molecule is CN=C(NCC1(NC(C)c2ccccc2)CCOCC1)NC1CCN(C(=O)OC)CC1. The maximum absolute atomic E-state index is 11.7. The molecular formula is C23H37N5O3. The van der Waals surface area contributed by atoms with Crippen molar-refractivity contribution in [2.45, 2.75) is 50.2 Å². The number of nitrogens with zero attached hydrogens (tertiary/aromatic N) is 2. The Morgan fingerprint density at radius 1 is 1.26 bits per heavy atom. The monoisotopic (exact) mass is 431 g/mol. The highest BCUT2D eigenvalue weighted by Gasteiger charge is 2.34. The highest BCUT2D eigenvalue weighted by Crippen LogP contribution is 2.25. The summed E-state index contributed by atoms with van der Waals surface area (Å²) in [5.41, 5.74) is 1.23. The number of hydrogen-bond donors (Lipinski definition) is 3. The fraction of sp³-hybridized carbons (Fsp3) is 0.652. The molecule has 0 spiro atoms. The van der Waals surface area contributed by atoms with Gasteiger partial charge in [-0.25, -0.2) is 4.79 Å². The van der Waals surface area contributed by atoms with Gasteiger partial charge >= 0.3 is 6.09 Å². The van der Waals surface area contributed by atoms with Crippen LogP contribution in [0, 0.1) is 0 Å². The summed E-state index contributed by atoms with van der Waals surface area (Å²) in [6, 6.07) is 11.1. The second-order valence-electron chi connectivity index (χ2n) is 8.47. The average molecular weight is 432 g/mol. The number of aliphatic imine (C=N–C) groups is 1. The molecule has 1 aromatic carbocycles. The quantitative estimate of drug-likeness (QED) is 0.473. The lowest BCUT2D eigenvalue weighted by molar-refractivity contribution is 0.0354. The number of amides is 1. The van der Waals surface area contributed by atoms with Crippen LogP contribution in [-0.2, 0) is 9.47 Å². The lowest BCUT2D eigenvalue weighted by atomic mass is 9.88. The van der Waals surface area contributed by atoms with Crippen LogP contribution in [0.5, 0.6) is 0 Å². The summed E-state index contributed by atoms with van der Waals surface area (Å²) in [4.78, 5) is 17.9. The van der Waals surface area contributed by atoms with E-state index in [1.807, 2.05) is 6.07 Å². The fourth-order valence-electron chi connectivity index (χ4n) is 4.40. The zero-order chi connectivity index (χ0) is 22.1. The molecule has 0 saturated carbocycles. The minimum absolute atomic E-state index is 0.0562. The second kappa shape index (κ2) is 11.3. The molecule has 1 aromatic rings. The van der Waals surface area contributed by atoms with Crippen molar-refractivity contribution in [3.8, 4) is 0 Å². The summed E-state index contributed by atoms with van der Waals surface area (Å²) >= 11 is 0. The van der Waals surface area contributed by atoms with E-state index in [0.717, 1.165) is 51.4 Å². The van der Waals surface area contributed by atoms with Gasteiger partial charge in [-0.2, -0.15) is 0 Å². The van der Waals surface area contributed by atoms with E-state index in [0.29, 0.717) is 13.1 Å². The number of hydrogen-bond acceptors (Lipinski definition) is 5. The van der Waals surface area contributed by atoms with Gasteiger partial charge < -0.3 is 30.3 Å². The van der Waals surface area contributed by atoms with Gasteiger partial charge in [0.2, 0.25) is 0 Å². The predicted octanol–water partition coefficient (Wildman–Crippen LogP) is 2.28. The minimum atomic E-state index is -0.249. The summed E-state index contributed by atoms with van der Waals surface area (Å²) < 4.78 is 10.5. The van der Waals surface area contributed by atoms with Crippen molar-refractivity contribution >= 4 is 12.1 Å². The third kappa shape index (κ3) is 6.58. The molecule has 172 valence electrons. The van der Waals surface area contributed by atoms with Gasteiger partial charge in [-0.1, -0.05) is 30.3 Å². The Morgan fingerprint density at radius 2 is 1.94 bits per heavy atom. The third-order valence-corrected chi connectivity index (χ3v) is 6.36. The predicted molar refractivity (Wildman–Crippen MR) is 122 cm³/mol. The minimum Gasteiger partial charge on any atom is -0.453 e. The van der Waals surface area contributed by atoms with E-state index in [9.17, 15) is 4.79 Å². The first-order chi connectivity index (χ1) is 15.0. The Kier molecular flexibility index (Phi) is 8.54. The zero-order valence-corrected chi connectivity index (χ0v) is 19.0. The Hall–Kier alpha value is -2.32. The van der Waals surface area contributed by atoms with Gasteiger partial charge in [0, 0.05) is 57.5 Å². The molecule has 3 rings (SSSR count). The van der Waals surface area contributed by atoms with Gasteiger partial charge in [0.25, 0.3) is 0 Å². The van der Waals surface area contributed by atoms with Gasteiger partial charge in [-0.3, -0.25) is 4.99 Å². The van der Waals surface area contributed by atoms with Crippen molar-refractivity contribution in [1.82, 2.24) is 20.9 Å². The molecule has 2 heterocycles. The van der Waals surface area contributed by atoms with Crippen LogP contribution in [0.15, 0.2) is 35.3 Å². The highest BCUT2D eigenvalue weighted by molar-refractivity contribution is 5.80. The van der Waals surface area contributed by atoms with Crippen LogP contribution >= 0.6 is 0 Å². The van der Waals surface area contributed by atoms with Gasteiger partial charge in [0.05, 0.1) is 7.11 Å². The Morgan fingerprint density at radius 3 is 2.55 bits per heavy atom. The normalized spacial score (nSPS) is 20.7. The summed E-state index contributed by atoms with van der Waals surface area (Å²) in [7, 11) is 3.23. The molecule has 2 saturated heterocycles. The number of likely N-dealkylation sites (tertiary alicyclic amines) is 1. The first-order valence-electron chi connectivity index (χ1n) is 11.3. The number of benzene rings is 1. The zero-order valence-electron chi connectivity index (χ0n) is 19.0. The van der Waals surface area contributed by atoms with Crippen LogP contribution in [0.2, 0.25) is 0 Å². The number of rotatable bonds is 6. The topological polar surface area (TPSA) is 87.2 Å². The Labute approximate surface area is 185 Å². The van der Waals surface area contributed by atoms with Gasteiger partial charge in [0.15, 0.2) is 5.96 Å². The van der Waals surface area contributed by atoms with Crippen LogP contribution in [-0.4, -0.2) is 75.5 Å². The molecule has 1 amide bonds. The van der Waals surface area contributed by atoms with E-state index in [1.54, 1.807) is 11.9 Å². The molecule has 3 N–H and O–H groups in total. The van der Waals surface area contributed by atoms with Crippen molar-refractivity contribution in [2.75, 3.05) is 47.0 Å². The molecular weight excluding hydrogens is 394 g/mol. The summed E-state index contributed by atoms with van der Waals surface area (Å²) in [6.45, 7) is 5.89. The Balaban J connectivity index is 1.54. The third-order valence-electron chi connectivity index (χ3n) is 6.36. The number of ether oxygens (including phenoxy) is 2. The van der Waals surface area contributed by atoms with Crippen LogP contribution in [0.3, 0.4) is 0 Å². The maximum Gasteiger partial charge on any atom is 0.409 e. The summed E-state index contributed by atoms with van der Waals surface area (Å²) in [5.74, 6) is 0.802. The number of nitrogens with one attached hydrogen (secondary N) is 3. The van der Waals surface area contributed by atoms with E-state index in [4.69, 9.17) is 9.47 Å². The molecule has 8 nitrogen and oxygen atoms in total. The van der Waals surface area contributed by atoms with Crippen LogP contribution in [0.25, 0.3) is 0 Å². The maximum atomic E-state index is 11.7. The molecule has 8 heteroatoms. The van der Waals surface area contributed by atoms with Crippen LogP contribution < -0.4 is 16.0 Å². The van der Waals surface area contributed by atoms with Crippen molar-refractivity contribution in [3.05, 3.63) is 35.9 Å². The van der Waals surface area contributed by atoms with E-state index < -0.39 is 0 Å². The van der Waals surface area contributed by atoms with Gasteiger partial charge in [-0.05, 0) is 38.2 Å². The molecule has 2 aliphatic rings. The molecule has 0 radical (unpaired) electrons. The summed E-state index contributed by atoms with van der Waals surface area (Å²) in [6.07, 6.45) is 3.40. The van der Waals surface area contributed by atoms with Crippen molar-refractivity contribution in [1.29, 1.82) is 0 Å². The van der Waals surface area contributed by atoms with Gasteiger partial charge in [-0.15, -0.1) is 0 Å². The fourth-order valence-corrected chi connectivity index (χ4v) is 4.40. The first-order valence-corrected chi connectivity index (χ1v) is 11.3. The van der Waals surface area contributed by atoms with Crippen molar-refractivity contribution < 1.29 is 14.3 Å². The lowest BCUT2D eigenvalue weighted by Crippen LogP contribution is -2.59. The molecule has 1 unspecified atom stereocenters. The van der Waals surface area contributed by atoms with Crippen molar-refractivity contribution in [3.63, 3.8) is 0 Å². The molecule has 1 atom stereocenters. The number of guanidine groups is 1. The van der Waals surface area contributed by atoms with E-state index in [1.165, 1.54) is 12.7 Å². The number of carbonyl (C=O) groups excluding carboxylic acids is 1. The molecule has 2 fully saturated rings.